The van der Waals surface area contributed by atoms with Crippen molar-refractivity contribution in [1.82, 2.24) is 0 Å². The first-order valence-corrected chi connectivity index (χ1v) is 7.83. The van der Waals surface area contributed by atoms with Crippen LogP contribution in [0.4, 0.5) is 0 Å². The summed E-state index contributed by atoms with van der Waals surface area (Å²) in [4.78, 5) is 11.9. The average molecular weight is 286 g/mol. The second-order valence-corrected chi connectivity index (χ2v) is 5.34. The smallest absolute Gasteiger partial charge is 0.338 e. The van der Waals surface area contributed by atoms with Gasteiger partial charge in [0.1, 0.15) is 0 Å². The lowest BCUT2D eigenvalue weighted by Gasteiger charge is -2.08. The number of rotatable bonds is 6. The molecular formula is C17H18O2S. The van der Waals surface area contributed by atoms with Crippen LogP contribution in [0.1, 0.15) is 28.4 Å². The third-order valence-corrected chi connectivity index (χ3v) is 3.93. The van der Waals surface area contributed by atoms with Crippen molar-refractivity contribution in [2.75, 3.05) is 6.61 Å². The normalized spacial score (nSPS) is 10.2. The lowest BCUT2D eigenvalue weighted by atomic mass is 10.1. The molecule has 20 heavy (non-hydrogen) atoms. The van der Waals surface area contributed by atoms with E-state index < -0.39 is 0 Å². The van der Waals surface area contributed by atoms with E-state index in [2.05, 4.69) is 12.1 Å². The molecule has 0 N–H and O–H groups in total. The molecule has 2 aromatic carbocycles. The van der Waals surface area contributed by atoms with Gasteiger partial charge in [0.2, 0.25) is 0 Å². The van der Waals surface area contributed by atoms with E-state index in [1.54, 1.807) is 11.8 Å². The van der Waals surface area contributed by atoms with E-state index in [9.17, 15) is 4.79 Å². The van der Waals surface area contributed by atoms with E-state index in [-0.39, 0.29) is 5.97 Å². The minimum Gasteiger partial charge on any atom is -0.462 e. The number of carbonyl (C=O) groups excluding carboxylic acids is 1. The van der Waals surface area contributed by atoms with Gasteiger partial charge in [-0.15, -0.1) is 0 Å². The van der Waals surface area contributed by atoms with Crippen LogP contribution >= 0.6 is 11.8 Å². The number of benzene rings is 2. The number of hydrogen-bond acceptors (Lipinski definition) is 3. The van der Waals surface area contributed by atoms with E-state index in [0.29, 0.717) is 12.2 Å². The van der Waals surface area contributed by atoms with E-state index >= 15 is 0 Å². The summed E-state index contributed by atoms with van der Waals surface area (Å²) in [7, 11) is 0. The quantitative estimate of drug-likeness (QED) is 0.741. The van der Waals surface area contributed by atoms with Crippen LogP contribution in [0.3, 0.4) is 0 Å². The molecule has 0 radical (unpaired) electrons. The van der Waals surface area contributed by atoms with Gasteiger partial charge in [0.25, 0.3) is 0 Å². The van der Waals surface area contributed by atoms with Crippen LogP contribution in [0.25, 0.3) is 0 Å². The van der Waals surface area contributed by atoms with Crippen LogP contribution in [-0.4, -0.2) is 12.6 Å². The molecule has 2 nitrogen and oxygen atoms in total. The molecule has 0 spiro atoms. The molecular weight excluding hydrogens is 268 g/mol. The Morgan fingerprint density at radius 1 is 1.00 bits per heavy atom. The molecule has 0 saturated heterocycles. The Bertz CT molecular complexity index is 552. The highest BCUT2D eigenvalue weighted by Gasteiger charge is 2.11. The molecule has 0 saturated carbocycles. The van der Waals surface area contributed by atoms with E-state index in [0.717, 1.165) is 17.1 Å². The fraction of sp³-hybridized carbons (Fsp3) is 0.235. The Kier molecular flexibility index (Phi) is 5.69. The summed E-state index contributed by atoms with van der Waals surface area (Å²) < 4.78 is 5.09. The number of thioether (sulfide) groups is 1. The zero-order valence-electron chi connectivity index (χ0n) is 11.5. The number of esters is 1. The molecule has 2 aromatic rings. The molecule has 2 rings (SSSR count). The fourth-order valence-corrected chi connectivity index (χ4v) is 2.91. The van der Waals surface area contributed by atoms with Crippen LogP contribution in [0, 0.1) is 0 Å². The predicted octanol–water partition coefficient (Wildman–Crippen LogP) is 4.30. The summed E-state index contributed by atoms with van der Waals surface area (Å²) in [6.07, 6.45) is 0. The molecule has 0 atom stereocenters. The fourth-order valence-electron chi connectivity index (χ4n) is 1.91. The van der Waals surface area contributed by atoms with Crippen LogP contribution in [-0.2, 0) is 16.2 Å². The topological polar surface area (TPSA) is 26.3 Å². The Labute approximate surface area is 124 Å². The molecule has 3 heteroatoms. The molecule has 0 aliphatic carbocycles. The van der Waals surface area contributed by atoms with Crippen molar-refractivity contribution < 1.29 is 9.53 Å². The zero-order valence-corrected chi connectivity index (χ0v) is 12.4. The summed E-state index contributed by atoms with van der Waals surface area (Å²) in [6.45, 7) is 2.23. The van der Waals surface area contributed by atoms with Gasteiger partial charge in [0, 0.05) is 11.5 Å². The maximum atomic E-state index is 11.9. The Hall–Kier alpha value is -1.74. The Morgan fingerprint density at radius 3 is 2.45 bits per heavy atom. The first-order chi connectivity index (χ1) is 9.81. The minimum absolute atomic E-state index is 0.233. The van der Waals surface area contributed by atoms with Crippen molar-refractivity contribution in [1.29, 1.82) is 0 Å². The molecule has 0 aromatic heterocycles. The summed E-state index contributed by atoms with van der Waals surface area (Å²) in [5.41, 5.74) is 3.01. The van der Waals surface area contributed by atoms with Gasteiger partial charge in [-0.3, -0.25) is 0 Å². The molecule has 0 amide bonds. The molecule has 0 heterocycles. The minimum atomic E-state index is -0.233. The number of carbonyl (C=O) groups is 1. The number of ether oxygens (including phenoxy) is 1. The first kappa shape index (κ1) is 14.7. The molecule has 0 unspecified atom stereocenters. The van der Waals surface area contributed by atoms with Crippen LogP contribution in [0.2, 0.25) is 0 Å². The van der Waals surface area contributed by atoms with Crippen LogP contribution in [0.5, 0.6) is 0 Å². The summed E-state index contributed by atoms with van der Waals surface area (Å²) >= 11 is 1.80. The van der Waals surface area contributed by atoms with Crippen LogP contribution in [0.15, 0.2) is 54.6 Å². The van der Waals surface area contributed by atoms with Gasteiger partial charge in [-0.2, -0.15) is 11.8 Å². The maximum absolute atomic E-state index is 11.9. The standard InChI is InChI=1S/C17H18O2S/c1-2-19-17(18)16-11-7-6-10-15(16)13-20-12-14-8-4-3-5-9-14/h3-11H,2,12-13H2,1H3. The Morgan fingerprint density at radius 2 is 1.70 bits per heavy atom. The SMILES string of the molecule is CCOC(=O)c1ccccc1CSCc1ccccc1. The van der Waals surface area contributed by atoms with Crippen LogP contribution < -0.4 is 0 Å². The monoisotopic (exact) mass is 286 g/mol. The second kappa shape index (κ2) is 7.75. The highest BCUT2D eigenvalue weighted by atomic mass is 32.2. The van der Waals surface area contributed by atoms with Gasteiger partial charge in [-0.05, 0) is 24.1 Å². The van der Waals surface area contributed by atoms with Crippen molar-refractivity contribution in [2.24, 2.45) is 0 Å². The third kappa shape index (κ3) is 4.14. The van der Waals surface area contributed by atoms with E-state index in [4.69, 9.17) is 4.74 Å². The van der Waals surface area contributed by atoms with Crippen molar-refractivity contribution in [3.8, 4) is 0 Å². The van der Waals surface area contributed by atoms with E-state index in [1.807, 2.05) is 49.4 Å². The summed E-state index contributed by atoms with van der Waals surface area (Å²) in [5.74, 6) is 1.52. The largest absolute Gasteiger partial charge is 0.462 e. The van der Waals surface area contributed by atoms with Crippen molar-refractivity contribution in [2.45, 2.75) is 18.4 Å². The summed E-state index contributed by atoms with van der Waals surface area (Å²) in [5, 5.41) is 0. The van der Waals surface area contributed by atoms with Crippen molar-refractivity contribution in [3.05, 3.63) is 71.3 Å². The highest BCUT2D eigenvalue weighted by molar-refractivity contribution is 7.97. The lowest BCUT2D eigenvalue weighted by molar-refractivity contribution is 0.0525. The van der Waals surface area contributed by atoms with Gasteiger partial charge in [0.15, 0.2) is 0 Å². The second-order valence-electron chi connectivity index (χ2n) is 4.36. The van der Waals surface area contributed by atoms with Gasteiger partial charge >= 0.3 is 5.97 Å². The average Bonchev–Trinajstić information content (AvgIpc) is 2.49. The highest BCUT2D eigenvalue weighted by Crippen LogP contribution is 2.21. The first-order valence-electron chi connectivity index (χ1n) is 6.68. The lowest BCUT2D eigenvalue weighted by Crippen LogP contribution is -2.07. The molecule has 0 bridgehead atoms. The molecule has 0 aliphatic heterocycles. The predicted molar refractivity (Wildman–Crippen MR) is 83.8 cm³/mol. The third-order valence-electron chi connectivity index (χ3n) is 2.88. The molecule has 0 fully saturated rings. The van der Waals surface area contributed by atoms with Crippen molar-refractivity contribution >= 4 is 17.7 Å². The number of hydrogen-bond donors (Lipinski definition) is 0. The van der Waals surface area contributed by atoms with E-state index in [1.165, 1.54) is 5.56 Å². The Balaban J connectivity index is 1.97. The van der Waals surface area contributed by atoms with Crippen molar-refractivity contribution in [3.63, 3.8) is 0 Å². The van der Waals surface area contributed by atoms with Gasteiger partial charge in [-0.1, -0.05) is 48.5 Å². The van der Waals surface area contributed by atoms with Gasteiger partial charge < -0.3 is 4.74 Å². The molecule has 104 valence electrons. The van der Waals surface area contributed by atoms with Gasteiger partial charge in [0.05, 0.1) is 12.2 Å². The summed E-state index contributed by atoms with van der Waals surface area (Å²) in [6, 6.07) is 18.0. The zero-order chi connectivity index (χ0) is 14.2. The molecule has 0 aliphatic rings. The maximum Gasteiger partial charge on any atom is 0.338 e. The van der Waals surface area contributed by atoms with Gasteiger partial charge in [-0.25, -0.2) is 4.79 Å².